The van der Waals surface area contributed by atoms with Gasteiger partial charge in [-0.2, -0.15) is 0 Å². The lowest BCUT2D eigenvalue weighted by atomic mass is 9.81. The maximum atomic E-state index is 12.4. The molecule has 0 bridgehead atoms. The molecule has 2 saturated carbocycles. The number of hydrogen-bond acceptors (Lipinski definition) is 6. The van der Waals surface area contributed by atoms with E-state index in [4.69, 9.17) is 4.98 Å². The Bertz CT molecular complexity index is 1060. The van der Waals surface area contributed by atoms with Crippen molar-refractivity contribution in [2.24, 2.45) is 13.0 Å². The normalized spacial score (nSPS) is 23.6. The van der Waals surface area contributed by atoms with Crippen LogP contribution in [0.25, 0.3) is 17.0 Å². The van der Waals surface area contributed by atoms with Gasteiger partial charge in [-0.05, 0) is 44.4 Å². The Hall–Kier alpha value is -2.74. The van der Waals surface area contributed by atoms with Gasteiger partial charge in [0.1, 0.15) is 11.8 Å². The summed E-state index contributed by atoms with van der Waals surface area (Å²) in [6, 6.07) is 1.90. The van der Waals surface area contributed by atoms with Gasteiger partial charge in [-0.25, -0.2) is 15.0 Å². The number of nitrogens with one attached hydrogen (secondary N) is 1. The maximum Gasteiger partial charge on any atom is 0.252 e. The van der Waals surface area contributed by atoms with Gasteiger partial charge >= 0.3 is 0 Å². The Morgan fingerprint density at radius 1 is 1.25 bits per heavy atom. The van der Waals surface area contributed by atoms with Crippen LogP contribution in [-0.4, -0.2) is 40.8 Å². The van der Waals surface area contributed by atoms with Gasteiger partial charge in [-0.3, -0.25) is 9.36 Å². The summed E-state index contributed by atoms with van der Waals surface area (Å²) in [5.74, 6) is 0.937. The lowest BCUT2D eigenvalue weighted by Crippen LogP contribution is -2.33. The van der Waals surface area contributed by atoms with E-state index in [1.165, 1.54) is 0 Å². The van der Waals surface area contributed by atoms with E-state index < -0.39 is 5.60 Å². The summed E-state index contributed by atoms with van der Waals surface area (Å²) in [6.45, 7) is 0. The number of hydrogen-bond donors (Lipinski definition) is 2. The molecule has 0 amide bonds. The quantitative estimate of drug-likeness (QED) is 0.719. The van der Waals surface area contributed by atoms with Gasteiger partial charge in [-0.15, -0.1) is 0 Å². The molecule has 0 saturated heterocycles. The molecule has 3 heterocycles. The van der Waals surface area contributed by atoms with Gasteiger partial charge in [0.05, 0.1) is 23.0 Å². The standard InChI is InChI=1S/C20H24N6O2/c1-25-16-11-22-19(26-9-8-21-12-26)24-18(16)15(10-17(25)27)23-14-4-2-13(3-5-14)20(28)6-7-20/h8-14,23,28H,2-7H2,1H3/t13-,14-. The van der Waals surface area contributed by atoms with Gasteiger partial charge in [0.25, 0.3) is 5.56 Å². The van der Waals surface area contributed by atoms with Gasteiger partial charge in [0, 0.05) is 31.5 Å². The molecule has 3 aromatic rings. The molecule has 0 spiro atoms. The van der Waals surface area contributed by atoms with Crippen LogP contribution in [0.5, 0.6) is 0 Å². The third-order valence-electron chi connectivity index (χ3n) is 6.32. The molecule has 0 aromatic carbocycles. The number of aryl methyl sites for hydroxylation is 1. The minimum atomic E-state index is -0.396. The van der Waals surface area contributed by atoms with Crippen LogP contribution in [0.1, 0.15) is 38.5 Å². The van der Waals surface area contributed by atoms with Crippen molar-refractivity contribution in [2.75, 3.05) is 5.32 Å². The number of rotatable bonds is 4. The number of nitrogens with zero attached hydrogens (tertiary/aromatic N) is 5. The minimum Gasteiger partial charge on any atom is -0.390 e. The number of aliphatic hydroxyl groups is 1. The highest BCUT2D eigenvalue weighted by Crippen LogP contribution is 2.48. The van der Waals surface area contributed by atoms with Crippen molar-refractivity contribution in [3.63, 3.8) is 0 Å². The van der Waals surface area contributed by atoms with Gasteiger partial charge < -0.3 is 15.0 Å². The third kappa shape index (κ3) is 2.97. The molecule has 0 atom stereocenters. The molecule has 2 N–H and O–H groups in total. The molecule has 146 valence electrons. The average molecular weight is 380 g/mol. The Kier molecular flexibility index (Phi) is 3.97. The van der Waals surface area contributed by atoms with E-state index in [0.29, 0.717) is 17.4 Å². The Balaban J connectivity index is 1.45. The highest BCUT2D eigenvalue weighted by molar-refractivity contribution is 5.87. The molecule has 2 aliphatic carbocycles. The second-order valence-electron chi connectivity index (χ2n) is 8.13. The van der Waals surface area contributed by atoms with Crippen molar-refractivity contribution in [3.05, 3.63) is 41.3 Å². The fourth-order valence-corrected chi connectivity index (χ4v) is 4.36. The van der Waals surface area contributed by atoms with E-state index in [1.807, 2.05) is 0 Å². The van der Waals surface area contributed by atoms with Crippen LogP contribution in [0, 0.1) is 5.92 Å². The van der Waals surface area contributed by atoms with Crippen molar-refractivity contribution < 1.29 is 5.11 Å². The molecular formula is C20H24N6O2. The fourth-order valence-electron chi connectivity index (χ4n) is 4.36. The monoisotopic (exact) mass is 380 g/mol. The van der Waals surface area contributed by atoms with Crippen molar-refractivity contribution in [1.82, 2.24) is 24.1 Å². The zero-order valence-electron chi connectivity index (χ0n) is 15.9. The summed E-state index contributed by atoms with van der Waals surface area (Å²) in [4.78, 5) is 25.5. The smallest absolute Gasteiger partial charge is 0.252 e. The summed E-state index contributed by atoms with van der Waals surface area (Å²) < 4.78 is 3.31. The zero-order chi connectivity index (χ0) is 19.3. The van der Waals surface area contributed by atoms with E-state index in [1.54, 1.807) is 47.2 Å². The van der Waals surface area contributed by atoms with Crippen molar-refractivity contribution in [1.29, 1.82) is 0 Å². The highest BCUT2D eigenvalue weighted by atomic mass is 16.3. The summed E-state index contributed by atoms with van der Waals surface area (Å²) >= 11 is 0. The number of aromatic nitrogens is 5. The van der Waals surface area contributed by atoms with Gasteiger partial charge in [-0.1, -0.05) is 0 Å². The van der Waals surface area contributed by atoms with Gasteiger partial charge in [0.15, 0.2) is 0 Å². The number of imidazole rings is 1. The lowest BCUT2D eigenvalue weighted by Gasteiger charge is -2.32. The van der Waals surface area contributed by atoms with Crippen LogP contribution in [0.2, 0.25) is 0 Å². The molecule has 28 heavy (non-hydrogen) atoms. The van der Waals surface area contributed by atoms with Crippen LogP contribution in [0.4, 0.5) is 5.69 Å². The van der Waals surface area contributed by atoms with E-state index in [0.717, 1.165) is 49.7 Å². The maximum absolute atomic E-state index is 12.4. The Morgan fingerprint density at radius 3 is 2.71 bits per heavy atom. The Morgan fingerprint density at radius 2 is 2.04 bits per heavy atom. The van der Waals surface area contributed by atoms with E-state index in [9.17, 15) is 9.90 Å². The molecule has 8 nitrogen and oxygen atoms in total. The average Bonchev–Trinajstić information content (AvgIpc) is 3.23. The topological polar surface area (TPSA) is 97.9 Å². The molecule has 5 rings (SSSR count). The molecule has 3 aromatic heterocycles. The highest BCUT2D eigenvalue weighted by Gasteiger charge is 2.48. The molecule has 2 fully saturated rings. The molecule has 0 unspecified atom stereocenters. The molecule has 2 aliphatic rings. The fraction of sp³-hybridized carbons (Fsp3) is 0.500. The van der Waals surface area contributed by atoms with E-state index >= 15 is 0 Å². The predicted octanol–water partition coefficient (Wildman–Crippen LogP) is 2.01. The first-order valence-corrected chi connectivity index (χ1v) is 9.87. The third-order valence-corrected chi connectivity index (χ3v) is 6.32. The molecule has 0 radical (unpaired) electrons. The van der Waals surface area contributed by atoms with E-state index in [2.05, 4.69) is 15.3 Å². The molecule has 8 heteroatoms. The number of fused-ring (bicyclic) bond motifs is 1. The minimum absolute atomic E-state index is 0.0880. The molecule has 0 aliphatic heterocycles. The van der Waals surface area contributed by atoms with Crippen molar-refractivity contribution in [3.8, 4) is 5.95 Å². The first-order valence-electron chi connectivity index (χ1n) is 9.87. The summed E-state index contributed by atoms with van der Waals surface area (Å²) in [6.07, 6.45) is 12.7. The van der Waals surface area contributed by atoms with Crippen LogP contribution in [0.3, 0.4) is 0 Å². The largest absolute Gasteiger partial charge is 0.390 e. The van der Waals surface area contributed by atoms with Crippen LogP contribution in [-0.2, 0) is 7.05 Å². The molecular weight excluding hydrogens is 356 g/mol. The lowest BCUT2D eigenvalue weighted by molar-refractivity contribution is 0.0589. The summed E-state index contributed by atoms with van der Waals surface area (Å²) in [7, 11) is 1.73. The number of anilines is 1. The van der Waals surface area contributed by atoms with Crippen LogP contribution in [0.15, 0.2) is 35.8 Å². The summed E-state index contributed by atoms with van der Waals surface area (Å²) in [5.41, 5.74) is 1.68. The summed E-state index contributed by atoms with van der Waals surface area (Å²) in [5, 5.41) is 13.9. The van der Waals surface area contributed by atoms with Crippen LogP contribution < -0.4 is 10.9 Å². The zero-order valence-corrected chi connectivity index (χ0v) is 15.9. The van der Waals surface area contributed by atoms with Crippen LogP contribution >= 0.6 is 0 Å². The van der Waals surface area contributed by atoms with Crippen molar-refractivity contribution >= 4 is 16.7 Å². The predicted molar refractivity (Wildman–Crippen MR) is 105 cm³/mol. The number of pyridine rings is 1. The SMILES string of the molecule is Cn1c(=O)cc(N[C@H]2CC[C@H](C3(O)CC3)CC2)c2nc(-n3ccnc3)ncc21. The second-order valence-corrected chi connectivity index (χ2v) is 8.13. The Labute approximate surface area is 162 Å². The first-order chi connectivity index (χ1) is 13.5. The first kappa shape index (κ1) is 17.4. The van der Waals surface area contributed by atoms with Crippen molar-refractivity contribution in [2.45, 2.75) is 50.2 Å². The van der Waals surface area contributed by atoms with Gasteiger partial charge in [0.2, 0.25) is 5.95 Å². The second kappa shape index (κ2) is 6.41. The van der Waals surface area contributed by atoms with E-state index in [-0.39, 0.29) is 11.6 Å².